The maximum Gasteiger partial charge on any atom is 0.306 e. The fraction of sp³-hybridized carbons (Fsp3) is 0.662. The number of hydrogen-bond acceptors (Lipinski definition) is 6. The number of hydrogen-bond donors (Lipinski definition) is 0. The SMILES string of the molecule is CC/C=C\C/C=C\C/C=C\C/C=C\C/C=C\C/C=C\C/C=C\C/C=C\C/C=C\CCCCCC(=O)OCC(COC(=O)CCCCCCCC)OC(=O)CCCCCCCCCCC/C=C\CCCCCCCC. The summed E-state index contributed by atoms with van der Waals surface area (Å²) in [7, 11) is 0. The van der Waals surface area contributed by atoms with E-state index in [1.807, 2.05) is 0 Å². The van der Waals surface area contributed by atoms with Gasteiger partial charge in [-0.15, -0.1) is 0 Å². The average Bonchev–Trinajstić information content (AvgIpc) is 3.40. The second-order valence-electron chi connectivity index (χ2n) is 19.9. The van der Waals surface area contributed by atoms with Crippen LogP contribution in [0.25, 0.3) is 0 Å². The molecule has 0 aliphatic heterocycles. The minimum Gasteiger partial charge on any atom is -0.462 e. The number of esters is 3. The fourth-order valence-corrected chi connectivity index (χ4v) is 8.13. The van der Waals surface area contributed by atoms with E-state index in [1.165, 1.54) is 109 Å². The standard InChI is InChI=1S/C68H112O6/c1-4-7-10-13-16-18-20-22-24-26-28-29-30-31-32-33-34-35-36-37-38-39-41-42-44-46-48-50-52-55-58-61-67(70)73-64-65(63-72-66(69)60-57-54-15-12-9-6-3)74-68(71)62-59-56-53-51-49-47-45-43-40-27-25-23-21-19-17-14-11-8-5-2/h7,10,16,18,22-25,28-29,31-32,34-35,37-38,41-42,46,48,65H,4-6,8-9,11-15,17,19-21,26-27,30,33,36,39-40,43-45,47,49-64H2,1-3H3/b10-7-,18-16-,24-22-,25-23-,29-28-,32-31-,35-34-,38-37-,42-41-,48-46-. The zero-order valence-electron chi connectivity index (χ0n) is 48.1. The fourth-order valence-electron chi connectivity index (χ4n) is 8.13. The van der Waals surface area contributed by atoms with E-state index in [2.05, 4.69) is 142 Å². The lowest BCUT2D eigenvalue weighted by Gasteiger charge is -2.18. The molecule has 0 saturated carbocycles. The highest BCUT2D eigenvalue weighted by atomic mass is 16.6. The van der Waals surface area contributed by atoms with Gasteiger partial charge in [0, 0.05) is 19.3 Å². The number of allylic oxidation sites excluding steroid dienone is 20. The second-order valence-corrected chi connectivity index (χ2v) is 19.9. The van der Waals surface area contributed by atoms with Gasteiger partial charge in [0.1, 0.15) is 13.2 Å². The molecular weight excluding hydrogens is 913 g/mol. The summed E-state index contributed by atoms with van der Waals surface area (Å²) in [6.45, 7) is 6.43. The highest BCUT2D eigenvalue weighted by molar-refractivity contribution is 5.71. The third-order valence-electron chi connectivity index (χ3n) is 12.7. The summed E-state index contributed by atoms with van der Waals surface area (Å²) in [5, 5.41) is 0. The molecule has 0 bridgehead atoms. The van der Waals surface area contributed by atoms with Crippen LogP contribution >= 0.6 is 0 Å². The predicted octanol–water partition coefficient (Wildman–Crippen LogP) is 20.8. The van der Waals surface area contributed by atoms with E-state index < -0.39 is 6.10 Å². The molecule has 0 amide bonds. The Hall–Kier alpha value is -4.19. The van der Waals surface area contributed by atoms with Crippen LogP contribution < -0.4 is 0 Å². The molecule has 0 aromatic heterocycles. The van der Waals surface area contributed by atoms with Gasteiger partial charge in [0.05, 0.1) is 0 Å². The number of carbonyl (C=O) groups excluding carboxylic acids is 3. The molecular formula is C68H112O6. The van der Waals surface area contributed by atoms with Crippen LogP contribution in [0.3, 0.4) is 0 Å². The molecule has 0 rings (SSSR count). The van der Waals surface area contributed by atoms with Crippen molar-refractivity contribution in [3.8, 4) is 0 Å². The van der Waals surface area contributed by atoms with Crippen molar-refractivity contribution in [3.63, 3.8) is 0 Å². The minimum atomic E-state index is -0.792. The summed E-state index contributed by atoms with van der Waals surface area (Å²) in [6, 6.07) is 0. The molecule has 420 valence electrons. The van der Waals surface area contributed by atoms with Gasteiger partial charge >= 0.3 is 17.9 Å². The molecule has 74 heavy (non-hydrogen) atoms. The molecule has 0 aliphatic carbocycles. The molecule has 0 saturated heterocycles. The maximum absolute atomic E-state index is 12.8. The maximum atomic E-state index is 12.8. The lowest BCUT2D eigenvalue weighted by atomic mass is 10.1. The molecule has 0 N–H and O–H groups in total. The van der Waals surface area contributed by atoms with Gasteiger partial charge in [-0.25, -0.2) is 0 Å². The summed E-state index contributed by atoms with van der Waals surface area (Å²) in [5.41, 5.74) is 0. The number of ether oxygens (including phenoxy) is 3. The van der Waals surface area contributed by atoms with Crippen LogP contribution in [-0.2, 0) is 28.6 Å². The normalized spacial score (nSPS) is 13.0. The van der Waals surface area contributed by atoms with Gasteiger partial charge in [-0.05, 0) is 116 Å². The Kier molecular flexibility index (Phi) is 57.9. The van der Waals surface area contributed by atoms with Gasteiger partial charge in [0.2, 0.25) is 0 Å². The number of rotatable bonds is 54. The van der Waals surface area contributed by atoms with Crippen molar-refractivity contribution in [2.24, 2.45) is 0 Å². The minimum absolute atomic E-state index is 0.0908. The monoisotopic (exact) mass is 1020 g/mol. The van der Waals surface area contributed by atoms with Gasteiger partial charge in [0.15, 0.2) is 6.10 Å². The van der Waals surface area contributed by atoms with Crippen molar-refractivity contribution in [2.75, 3.05) is 13.2 Å². The van der Waals surface area contributed by atoms with E-state index in [-0.39, 0.29) is 31.1 Å². The van der Waals surface area contributed by atoms with E-state index in [1.54, 1.807) is 0 Å². The van der Waals surface area contributed by atoms with Gasteiger partial charge in [-0.2, -0.15) is 0 Å². The van der Waals surface area contributed by atoms with Crippen LogP contribution in [0.4, 0.5) is 0 Å². The molecule has 0 heterocycles. The largest absolute Gasteiger partial charge is 0.462 e. The smallest absolute Gasteiger partial charge is 0.306 e. The summed E-state index contributed by atoms with van der Waals surface area (Å²) < 4.78 is 16.7. The summed E-state index contributed by atoms with van der Waals surface area (Å²) in [5.74, 6) is -0.937. The average molecular weight is 1030 g/mol. The van der Waals surface area contributed by atoms with E-state index >= 15 is 0 Å². The van der Waals surface area contributed by atoms with Crippen LogP contribution in [-0.4, -0.2) is 37.2 Å². The highest BCUT2D eigenvalue weighted by Gasteiger charge is 2.19. The summed E-state index contributed by atoms with van der Waals surface area (Å²) in [6.07, 6.45) is 85.2. The Morgan fingerprint density at radius 3 is 0.851 bits per heavy atom. The van der Waals surface area contributed by atoms with Gasteiger partial charge < -0.3 is 14.2 Å². The lowest BCUT2D eigenvalue weighted by Crippen LogP contribution is -2.30. The first-order chi connectivity index (χ1) is 36.5. The first-order valence-corrected chi connectivity index (χ1v) is 30.5. The van der Waals surface area contributed by atoms with E-state index in [0.717, 1.165) is 122 Å². The quantitative estimate of drug-likeness (QED) is 0.0261. The molecule has 6 nitrogen and oxygen atoms in total. The van der Waals surface area contributed by atoms with Gasteiger partial charge in [-0.1, -0.05) is 258 Å². The van der Waals surface area contributed by atoms with Gasteiger partial charge in [0.25, 0.3) is 0 Å². The van der Waals surface area contributed by atoms with Crippen LogP contribution in [0.15, 0.2) is 122 Å². The Labute approximate surface area is 456 Å². The van der Waals surface area contributed by atoms with Crippen molar-refractivity contribution in [2.45, 2.75) is 277 Å². The molecule has 6 heteroatoms. The Morgan fingerprint density at radius 1 is 0.284 bits per heavy atom. The Morgan fingerprint density at radius 2 is 0.527 bits per heavy atom. The van der Waals surface area contributed by atoms with Crippen LogP contribution in [0.1, 0.15) is 271 Å². The molecule has 0 spiro atoms. The third kappa shape index (κ3) is 58.7. The first-order valence-electron chi connectivity index (χ1n) is 30.5. The topological polar surface area (TPSA) is 78.9 Å². The zero-order chi connectivity index (χ0) is 53.6. The van der Waals surface area contributed by atoms with Crippen molar-refractivity contribution >= 4 is 17.9 Å². The molecule has 0 aliphatic rings. The van der Waals surface area contributed by atoms with Crippen LogP contribution in [0, 0.1) is 0 Å². The van der Waals surface area contributed by atoms with Crippen LogP contribution in [0.5, 0.6) is 0 Å². The lowest BCUT2D eigenvalue weighted by molar-refractivity contribution is -0.167. The van der Waals surface area contributed by atoms with Crippen LogP contribution in [0.2, 0.25) is 0 Å². The zero-order valence-corrected chi connectivity index (χ0v) is 48.1. The van der Waals surface area contributed by atoms with Crippen molar-refractivity contribution < 1.29 is 28.6 Å². The van der Waals surface area contributed by atoms with Crippen molar-refractivity contribution in [3.05, 3.63) is 122 Å². The van der Waals surface area contributed by atoms with Crippen molar-refractivity contribution in [1.82, 2.24) is 0 Å². The Balaban J connectivity index is 4.21. The van der Waals surface area contributed by atoms with E-state index in [9.17, 15) is 14.4 Å². The summed E-state index contributed by atoms with van der Waals surface area (Å²) >= 11 is 0. The predicted molar refractivity (Wildman–Crippen MR) is 320 cm³/mol. The van der Waals surface area contributed by atoms with Crippen molar-refractivity contribution in [1.29, 1.82) is 0 Å². The molecule has 1 atom stereocenters. The number of carbonyl (C=O) groups is 3. The molecule has 0 aromatic carbocycles. The second kappa shape index (κ2) is 61.4. The third-order valence-corrected chi connectivity index (χ3v) is 12.7. The summed E-state index contributed by atoms with van der Waals surface area (Å²) in [4.78, 5) is 37.9. The molecule has 0 aromatic rings. The van der Waals surface area contributed by atoms with E-state index in [4.69, 9.17) is 14.2 Å². The van der Waals surface area contributed by atoms with E-state index in [0.29, 0.717) is 19.3 Å². The molecule has 1 unspecified atom stereocenters. The highest BCUT2D eigenvalue weighted by Crippen LogP contribution is 2.15. The number of unbranched alkanes of at least 4 members (excludes halogenated alkanes) is 23. The van der Waals surface area contributed by atoms with Gasteiger partial charge in [-0.3, -0.25) is 14.4 Å². The Bertz CT molecular complexity index is 1550. The molecule has 0 radical (unpaired) electrons. The molecule has 0 fully saturated rings. The first kappa shape index (κ1) is 69.8.